The molecule has 20 heavy (non-hydrogen) atoms. The molecule has 0 bridgehead atoms. The fourth-order valence-electron chi connectivity index (χ4n) is 2.18. The largest absolute Gasteiger partial charge is 0.496 e. The van der Waals surface area contributed by atoms with Gasteiger partial charge in [0.2, 0.25) is 0 Å². The van der Waals surface area contributed by atoms with Gasteiger partial charge in [0.25, 0.3) is 0 Å². The Balaban J connectivity index is 2.37. The zero-order valence-corrected chi connectivity index (χ0v) is 12.0. The standard InChI is InChI=1S/C18H18O2/c1-13-8-7-11-16(18(13)20-3)17(19)14(2)12-15-9-5-4-6-10-15/h4-12H,1-3H3. The van der Waals surface area contributed by atoms with Gasteiger partial charge in [-0.2, -0.15) is 0 Å². The Labute approximate surface area is 119 Å². The van der Waals surface area contributed by atoms with E-state index in [4.69, 9.17) is 4.74 Å². The van der Waals surface area contributed by atoms with E-state index in [-0.39, 0.29) is 5.78 Å². The number of allylic oxidation sites excluding steroid dienone is 1. The normalized spacial score (nSPS) is 11.2. The number of ketones is 1. The summed E-state index contributed by atoms with van der Waals surface area (Å²) in [6.07, 6.45) is 1.89. The first kappa shape index (κ1) is 14.1. The van der Waals surface area contributed by atoms with Crippen LogP contribution in [0.5, 0.6) is 5.75 Å². The number of aryl methyl sites for hydroxylation is 1. The maximum Gasteiger partial charge on any atom is 0.192 e. The summed E-state index contributed by atoms with van der Waals surface area (Å²) < 4.78 is 5.35. The lowest BCUT2D eigenvalue weighted by molar-refractivity contribution is 0.103. The van der Waals surface area contributed by atoms with E-state index in [0.717, 1.165) is 11.1 Å². The fraction of sp³-hybridized carbons (Fsp3) is 0.167. The molecule has 0 N–H and O–H groups in total. The van der Waals surface area contributed by atoms with Crippen LogP contribution in [-0.2, 0) is 0 Å². The second-order valence-electron chi connectivity index (χ2n) is 4.72. The summed E-state index contributed by atoms with van der Waals surface area (Å²) in [6, 6.07) is 15.4. The van der Waals surface area contributed by atoms with Gasteiger partial charge in [-0.05, 0) is 42.7 Å². The van der Waals surface area contributed by atoms with Crippen molar-refractivity contribution in [1.82, 2.24) is 0 Å². The molecule has 2 heteroatoms. The molecule has 0 saturated carbocycles. The molecule has 0 saturated heterocycles. The minimum Gasteiger partial charge on any atom is -0.496 e. The third-order valence-corrected chi connectivity index (χ3v) is 3.20. The van der Waals surface area contributed by atoms with Gasteiger partial charge >= 0.3 is 0 Å². The van der Waals surface area contributed by atoms with Crippen molar-refractivity contribution in [3.05, 3.63) is 70.8 Å². The molecule has 2 nitrogen and oxygen atoms in total. The molecular formula is C18H18O2. The van der Waals surface area contributed by atoms with Gasteiger partial charge in [0.15, 0.2) is 5.78 Å². The number of hydrogen-bond donors (Lipinski definition) is 0. The number of carbonyl (C=O) groups excluding carboxylic acids is 1. The molecule has 0 amide bonds. The minimum absolute atomic E-state index is 0.00518. The molecule has 0 aromatic heterocycles. The number of para-hydroxylation sites is 1. The summed E-state index contributed by atoms with van der Waals surface area (Å²) in [5, 5.41) is 0. The van der Waals surface area contributed by atoms with Crippen molar-refractivity contribution < 1.29 is 9.53 Å². The van der Waals surface area contributed by atoms with Gasteiger partial charge in [-0.1, -0.05) is 42.5 Å². The highest BCUT2D eigenvalue weighted by Crippen LogP contribution is 2.25. The highest BCUT2D eigenvalue weighted by molar-refractivity contribution is 6.12. The van der Waals surface area contributed by atoms with Crippen LogP contribution in [0.1, 0.15) is 28.4 Å². The molecular weight excluding hydrogens is 248 g/mol. The number of benzene rings is 2. The number of methoxy groups -OCH3 is 1. The molecule has 0 aliphatic heterocycles. The third kappa shape index (κ3) is 2.97. The molecule has 0 atom stereocenters. The zero-order valence-electron chi connectivity index (χ0n) is 12.0. The molecule has 0 unspecified atom stereocenters. The van der Waals surface area contributed by atoms with Crippen molar-refractivity contribution >= 4 is 11.9 Å². The van der Waals surface area contributed by atoms with E-state index in [1.807, 2.05) is 62.4 Å². The quantitative estimate of drug-likeness (QED) is 0.609. The lowest BCUT2D eigenvalue weighted by Gasteiger charge is -2.10. The summed E-state index contributed by atoms with van der Waals surface area (Å²) in [7, 11) is 1.59. The van der Waals surface area contributed by atoms with Crippen LogP contribution in [0.2, 0.25) is 0 Å². The topological polar surface area (TPSA) is 26.3 Å². The monoisotopic (exact) mass is 266 g/mol. The fourth-order valence-corrected chi connectivity index (χ4v) is 2.18. The Morgan fingerprint density at radius 3 is 2.40 bits per heavy atom. The van der Waals surface area contributed by atoms with Gasteiger partial charge < -0.3 is 4.74 Å². The maximum absolute atomic E-state index is 12.5. The Kier molecular flexibility index (Phi) is 4.36. The van der Waals surface area contributed by atoms with Gasteiger partial charge in [-0.15, -0.1) is 0 Å². The summed E-state index contributed by atoms with van der Waals surface area (Å²) >= 11 is 0. The van der Waals surface area contributed by atoms with E-state index in [9.17, 15) is 4.79 Å². The molecule has 0 aliphatic rings. The van der Waals surface area contributed by atoms with Crippen LogP contribution in [0.4, 0.5) is 0 Å². The van der Waals surface area contributed by atoms with Gasteiger partial charge in [0.05, 0.1) is 12.7 Å². The summed E-state index contributed by atoms with van der Waals surface area (Å²) in [5.41, 5.74) is 3.29. The maximum atomic E-state index is 12.5. The van der Waals surface area contributed by atoms with Crippen molar-refractivity contribution in [3.8, 4) is 5.75 Å². The number of hydrogen-bond acceptors (Lipinski definition) is 2. The molecule has 102 valence electrons. The average molecular weight is 266 g/mol. The van der Waals surface area contributed by atoms with Gasteiger partial charge in [-0.25, -0.2) is 0 Å². The van der Waals surface area contributed by atoms with Crippen LogP contribution >= 0.6 is 0 Å². The van der Waals surface area contributed by atoms with Gasteiger partial charge in [0.1, 0.15) is 5.75 Å². The Morgan fingerprint density at radius 1 is 1.05 bits per heavy atom. The molecule has 0 radical (unpaired) electrons. The van der Waals surface area contributed by atoms with Crippen molar-refractivity contribution in [2.45, 2.75) is 13.8 Å². The average Bonchev–Trinajstić information content (AvgIpc) is 2.47. The van der Waals surface area contributed by atoms with Crippen LogP contribution in [0.25, 0.3) is 6.08 Å². The van der Waals surface area contributed by atoms with Crippen LogP contribution < -0.4 is 4.74 Å². The predicted molar refractivity (Wildman–Crippen MR) is 82.2 cm³/mol. The van der Waals surface area contributed by atoms with E-state index >= 15 is 0 Å². The lowest BCUT2D eigenvalue weighted by atomic mass is 9.99. The first-order valence-corrected chi connectivity index (χ1v) is 6.55. The molecule has 2 aromatic carbocycles. The smallest absolute Gasteiger partial charge is 0.192 e. The van der Waals surface area contributed by atoms with Crippen LogP contribution in [0.15, 0.2) is 54.1 Å². The van der Waals surface area contributed by atoms with Crippen molar-refractivity contribution in [3.63, 3.8) is 0 Å². The van der Waals surface area contributed by atoms with Crippen molar-refractivity contribution in [1.29, 1.82) is 0 Å². The highest BCUT2D eigenvalue weighted by Gasteiger charge is 2.15. The van der Waals surface area contributed by atoms with Gasteiger partial charge in [0, 0.05) is 0 Å². The predicted octanol–water partition coefficient (Wildman–Crippen LogP) is 4.29. The van der Waals surface area contributed by atoms with Crippen LogP contribution in [-0.4, -0.2) is 12.9 Å². The SMILES string of the molecule is COc1c(C)cccc1C(=O)C(C)=Cc1ccccc1. The highest BCUT2D eigenvalue weighted by atomic mass is 16.5. The molecule has 0 heterocycles. The number of carbonyl (C=O) groups is 1. The Morgan fingerprint density at radius 2 is 1.75 bits per heavy atom. The van der Waals surface area contributed by atoms with Crippen molar-refractivity contribution in [2.24, 2.45) is 0 Å². The summed E-state index contributed by atoms with van der Waals surface area (Å²) in [5.74, 6) is 0.646. The first-order valence-electron chi connectivity index (χ1n) is 6.55. The lowest BCUT2D eigenvalue weighted by Crippen LogP contribution is -2.04. The molecule has 2 aromatic rings. The summed E-state index contributed by atoms with van der Waals surface area (Å²) in [6.45, 7) is 3.77. The number of rotatable bonds is 4. The molecule has 2 rings (SSSR count). The second kappa shape index (κ2) is 6.20. The molecule has 0 aliphatic carbocycles. The van der Waals surface area contributed by atoms with Crippen LogP contribution in [0, 0.1) is 6.92 Å². The number of ether oxygens (including phenoxy) is 1. The molecule has 0 fully saturated rings. The Hall–Kier alpha value is -2.35. The van der Waals surface area contributed by atoms with E-state index in [0.29, 0.717) is 16.9 Å². The second-order valence-corrected chi connectivity index (χ2v) is 4.72. The Bertz CT molecular complexity index is 640. The first-order chi connectivity index (χ1) is 9.63. The third-order valence-electron chi connectivity index (χ3n) is 3.20. The molecule has 0 spiro atoms. The van der Waals surface area contributed by atoms with E-state index < -0.39 is 0 Å². The van der Waals surface area contributed by atoms with Crippen molar-refractivity contribution in [2.75, 3.05) is 7.11 Å². The summed E-state index contributed by atoms with van der Waals surface area (Å²) in [4.78, 5) is 12.5. The number of Topliss-reactive ketones (excluding diaryl/α,β-unsaturated/α-hetero) is 1. The minimum atomic E-state index is -0.00518. The zero-order chi connectivity index (χ0) is 14.5. The van der Waals surface area contributed by atoms with Crippen LogP contribution in [0.3, 0.4) is 0 Å². The van der Waals surface area contributed by atoms with E-state index in [1.54, 1.807) is 13.2 Å². The van der Waals surface area contributed by atoms with E-state index in [2.05, 4.69) is 0 Å². The van der Waals surface area contributed by atoms with E-state index in [1.165, 1.54) is 0 Å². The van der Waals surface area contributed by atoms with Gasteiger partial charge in [-0.3, -0.25) is 4.79 Å².